The van der Waals surface area contributed by atoms with Crippen molar-refractivity contribution >= 4 is 7.82 Å². The van der Waals surface area contributed by atoms with Crippen LogP contribution in [0.4, 0.5) is 0 Å². The fourth-order valence-corrected chi connectivity index (χ4v) is 3.64. The molecule has 6 heteroatoms. The zero-order valence-electron chi connectivity index (χ0n) is 17.8. The minimum Gasteiger partial charge on any atom is -0.756 e. The lowest BCUT2D eigenvalue weighted by Crippen LogP contribution is -2.10. The predicted molar refractivity (Wildman–Crippen MR) is 111 cm³/mol. The average molecular weight is 396 g/mol. The topological polar surface area (TPSA) is 95.1 Å². The first kappa shape index (κ1) is 28.3. The van der Waals surface area contributed by atoms with Gasteiger partial charge in [-0.3, -0.25) is 4.57 Å². The molecule has 0 saturated heterocycles. The van der Waals surface area contributed by atoms with Crippen molar-refractivity contribution in [2.24, 2.45) is 0 Å². The van der Waals surface area contributed by atoms with Gasteiger partial charge in [0.1, 0.15) is 0 Å². The SMILES string of the molecule is CCCCCCCCCCOP(=O)([O-])OCCCCCCCCCC.[NH4+]. The highest BCUT2D eigenvalue weighted by molar-refractivity contribution is 7.45. The van der Waals surface area contributed by atoms with Gasteiger partial charge in [0.25, 0.3) is 7.82 Å². The first-order valence-corrected chi connectivity index (χ1v) is 12.2. The van der Waals surface area contributed by atoms with E-state index in [1.807, 2.05) is 0 Å². The van der Waals surface area contributed by atoms with Crippen molar-refractivity contribution in [2.75, 3.05) is 13.2 Å². The Balaban J connectivity index is 0. The number of hydrogen-bond acceptors (Lipinski definition) is 4. The molecule has 0 amide bonds. The second-order valence-electron chi connectivity index (χ2n) is 7.06. The quantitative estimate of drug-likeness (QED) is 0.175. The molecule has 0 aromatic rings. The van der Waals surface area contributed by atoms with Gasteiger partial charge in [-0.05, 0) is 12.8 Å². The third-order valence-electron chi connectivity index (χ3n) is 4.49. The molecule has 0 bridgehead atoms. The van der Waals surface area contributed by atoms with E-state index in [1.54, 1.807) is 0 Å². The number of unbranched alkanes of at least 4 members (excludes halogenated alkanes) is 14. The summed E-state index contributed by atoms with van der Waals surface area (Å²) < 4.78 is 21.5. The Morgan fingerprint density at radius 2 is 0.846 bits per heavy atom. The molecule has 0 radical (unpaired) electrons. The van der Waals surface area contributed by atoms with E-state index in [0.29, 0.717) is 0 Å². The van der Waals surface area contributed by atoms with Crippen LogP contribution >= 0.6 is 7.82 Å². The van der Waals surface area contributed by atoms with Gasteiger partial charge in [-0.1, -0.05) is 104 Å². The number of rotatable bonds is 20. The molecule has 5 nitrogen and oxygen atoms in total. The molecule has 0 rings (SSSR count). The van der Waals surface area contributed by atoms with E-state index in [2.05, 4.69) is 13.8 Å². The smallest absolute Gasteiger partial charge is 0.267 e. The summed E-state index contributed by atoms with van der Waals surface area (Å²) in [6.45, 7) is 4.95. The van der Waals surface area contributed by atoms with E-state index in [1.165, 1.54) is 64.2 Å². The number of hydrogen-bond donors (Lipinski definition) is 1. The third kappa shape index (κ3) is 22.1. The molecule has 0 spiro atoms. The van der Waals surface area contributed by atoms with Gasteiger partial charge >= 0.3 is 0 Å². The van der Waals surface area contributed by atoms with Crippen LogP contribution < -0.4 is 11.0 Å². The molecule has 160 valence electrons. The molecule has 0 aromatic carbocycles. The maximum Gasteiger partial charge on any atom is 0.267 e. The highest BCUT2D eigenvalue weighted by Gasteiger charge is 2.08. The Morgan fingerprint density at radius 3 is 1.15 bits per heavy atom. The van der Waals surface area contributed by atoms with Crippen molar-refractivity contribution in [3.63, 3.8) is 0 Å². The summed E-state index contributed by atoms with van der Waals surface area (Å²) >= 11 is 0. The second kappa shape index (κ2) is 21.4. The van der Waals surface area contributed by atoms with Gasteiger partial charge in [-0.2, -0.15) is 0 Å². The van der Waals surface area contributed by atoms with Crippen LogP contribution in [-0.4, -0.2) is 13.2 Å². The van der Waals surface area contributed by atoms with Gasteiger partial charge in [-0.25, -0.2) is 0 Å². The summed E-state index contributed by atoms with van der Waals surface area (Å²) in [6.07, 6.45) is 18.8. The molecule has 0 aliphatic carbocycles. The normalized spacial score (nSPS) is 11.5. The number of phosphoric acid groups is 1. The van der Waals surface area contributed by atoms with Crippen LogP contribution in [-0.2, 0) is 13.6 Å². The molecule has 0 fully saturated rings. The van der Waals surface area contributed by atoms with Crippen molar-refractivity contribution in [1.29, 1.82) is 0 Å². The highest BCUT2D eigenvalue weighted by atomic mass is 31.2. The van der Waals surface area contributed by atoms with Crippen molar-refractivity contribution in [2.45, 2.75) is 117 Å². The molecule has 0 aliphatic rings. The molecule has 0 aliphatic heterocycles. The number of phosphoric ester groups is 1. The fourth-order valence-electron chi connectivity index (χ4n) is 2.86. The van der Waals surface area contributed by atoms with Gasteiger partial charge in [-0.15, -0.1) is 0 Å². The summed E-state index contributed by atoms with van der Waals surface area (Å²) in [6, 6.07) is 0. The molecule has 26 heavy (non-hydrogen) atoms. The fraction of sp³-hybridized carbons (Fsp3) is 1.00. The summed E-state index contributed by atoms with van der Waals surface area (Å²) in [7, 11) is -4.08. The van der Waals surface area contributed by atoms with Gasteiger partial charge in [0.05, 0.1) is 13.2 Å². The monoisotopic (exact) mass is 395 g/mol. The van der Waals surface area contributed by atoms with E-state index >= 15 is 0 Å². The predicted octanol–water partition coefficient (Wildman–Crippen LogP) is 7.15. The Morgan fingerprint density at radius 1 is 0.577 bits per heavy atom. The van der Waals surface area contributed by atoms with Crippen molar-refractivity contribution in [3.05, 3.63) is 0 Å². The van der Waals surface area contributed by atoms with Crippen LogP contribution in [0.2, 0.25) is 0 Å². The zero-order chi connectivity index (χ0) is 18.6. The Labute approximate surface area is 162 Å². The van der Waals surface area contributed by atoms with Crippen molar-refractivity contribution in [1.82, 2.24) is 6.15 Å². The first-order valence-electron chi connectivity index (χ1n) is 10.7. The number of quaternary nitrogens is 1. The summed E-state index contributed by atoms with van der Waals surface area (Å²) in [4.78, 5) is 11.6. The van der Waals surface area contributed by atoms with E-state index in [-0.39, 0.29) is 19.4 Å². The largest absolute Gasteiger partial charge is 0.756 e. The Kier molecular flexibility index (Phi) is 23.2. The maximum atomic E-state index is 11.6. The molecular weight excluding hydrogens is 349 g/mol. The second-order valence-corrected chi connectivity index (χ2v) is 8.47. The lowest BCUT2D eigenvalue weighted by Gasteiger charge is -2.22. The summed E-state index contributed by atoms with van der Waals surface area (Å²) in [5.41, 5.74) is 0. The maximum absolute atomic E-state index is 11.6. The molecule has 0 unspecified atom stereocenters. The van der Waals surface area contributed by atoms with Crippen molar-refractivity contribution < 1.29 is 18.5 Å². The average Bonchev–Trinajstić information content (AvgIpc) is 2.59. The molecule has 0 saturated carbocycles. The molecule has 4 N–H and O–H groups in total. The van der Waals surface area contributed by atoms with Gasteiger partial charge in [0.2, 0.25) is 0 Å². The summed E-state index contributed by atoms with van der Waals surface area (Å²) in [5, 5.41) is 0. The van der Waals surface area contributed by atoms with E-state index in [4.69, 9.17) is 9.05 Å². The minimum absolute atomic E-state index is 0. The van der Waals surface area contributed by atoms with E-state index in [0.717, 1.165) is 38.5 Å². The third-order valence-corrected chi connectivity index (χ3v) is 5.49. The van der Waals surface area contributed by atoms with Gasteiger partial charge in [0.15, 0.2) is 0 Å². The Bertz CT molecular complexity index is 290. The summed E-state index contributed by atoms with van der Waals surface area (Å²) in [5.74, 6) is 0. The van der Waals surface area contributed by atoms with Gasteiger partial charge in [0, 0.05) is 0 Å². The van der Waals surface area contributed by atoms with Crippen LogP contribution in [0.3, 0.4) is 0 Å². The van der Waals surface area contributed by atoms with Crippen LogP contribution in [0.15, 0.2) is 0 Å². The lowest BCUT2D eigenvalue weighted by molar-refractivity contribution is -0.225. The van der Waals surface area contributed by atoms with Crippen LogP contribution in [0.25, 0.3) is 0 Å². The first-order chi connectivity index (χ1) is 12.1. The minimum atomic E-state index is -4.08. The van der Waals surface area contributed by atoms with Gasteiger partial charge < -0.3 is 20.1 Å². The Hall–Kier alpha value is 0.0700. The van der Waals surface area contributed by atoms with E-state index in [9.17, 15) is 9.46 Å². The molecule has 0 atom stereocenters. The lowest BCUT2D eigenvalue weighted by atomic mass is 10.1. The van der Waals surface area contributed by atoms with Crippen LogP contribution in [0, 0.1) is 0 Å². The zero-order valence-corrected chi connectivity index (χ0v) is 18.7. The van der Waals surface area contributed by atoms with E-state index < -0.39 is 7.82 Å². The molecular formula is C20H46NO4P. The van der Waals surface area contributed by atoms with Crippen LogP contribution in [0.5, 0.6) is 0 Å². The van der Waals surface area contributed by atoms with Crippen molar-refractivity contribution in [3.8, 4) is 0 Å². The molecule has 0 aromatic heterocycles. The standard InChI is InChI=1S/C20H43O4P.H3N/c1-3-5-7-9-11-13-15-17-19-23-25(21,22)24-20-18-16-14-12-10-8-6-4-2;/h3-20H2,1-2H3,(H,21,22);1H3. The highest BCUT2D eigenvalue weighted by Crippen LogP contribution is 2.38. The van der Waals surface area contributed by atoms with Crippen LogP contribution in [0.1, 0.15) is 117 Å². The molecule has 0 heterocycles.